The Morgan fingerprint density at radius 3 is 3.14 bits per heavy atom. The molecule has 0 bridgehead atoms. The number of thiophene rings is 1. The maximum absolute atomic E-state index is 10.9. The molecule has 74 valence electrons. The fourth-order valence-electron chi connectivity index (χ4n) is 1.65. The molecule has 14 heavy (non-hydrogen) atoms. The lowest BCUT2D eigenvalue weighted by atomic mass is 10.0. The van der Waals surface area contributed by atoms with Gasteiger partial charge in [-0.25, -0.2) is 9.80 Å². The van der Waals surface area contributed by atoms with Crippen molar-refractivity contribution in [3.63, 3.8) is 0 Å². The minimum atomic E-state index is -1.02. The zero-order valence-corrected chi connectivity index (χ0v) is 8.03. The minimum Gasteiger partial charge on any atom is -0.479 e. The topological polar surface area (TPSA) is 70.0 Å². The Morgan fingerprint density at radius 1 is 1.71 bits per heavy atom. The standard InChI is InChI=1S/C8H8N2O3S/c11-8(12)7-5-2-4-14-6(5)1-3-10(7)9-13/h2,4,7H,1,3H2,(H,11,12). The highest BCUT2D eigenvalue weighted by molar-refractivity contribution is 7.10. The largest absolute Gasteiger partial charge is 0.479 e. The van der Waals surface area contributed by atoms with Gasteiger partial charge in [-0.05, 0) is 11.4 Å². The smallest absolute Gasteiger partial charge is 0.332 e. The third-order valence-corrected chi connectivity index (χ3v) is 3.28. The van der Waals surface area contributed by atoms with E-state index in [0.717, 1.165) is 9.89 Å². The van der Waals surface area contributed by atoms with Crippen molar-refractivity contribution < 1.29 is 9.90 Å². The van der Waals surface area contributed by atoms with Gasteiger partial charge in [0.1, 0.15) is 0 Å². The van der Waals surface area contributed by atoms with Gasteiger partial charge >= 0.3 is 5.97 Å². The van der Waals surface area contributed by atoms with Crippen LogP contribution in [0.3, 0.4) is 0 Å². The molecule has 1 aliphatic rings. The number of nitroso groups, excluding NO2 is 1. The summed E-state index contributed by atoms with van der Waals surface area (Å²) < 4.78 is 0. The van der Waals surface area contributed by atoms with Crippen molar-refractivity contribution in [3.8, 4) is 0 Å². The molecular formula is C8H8N2O3S. The number of rotatable bonds is 2. The van der Waals surface area contributed by atoms with E-state index in [-0.39, 0.29) is 0 Å². The molecule has 0 saturated heterocycles. The van der Waals surface area contributed by atoms with Crippen LogP contribution in [-0.4, -0.2) is 22.6 Å². The Labute approximate surface area is 83.9 Å². The molecule has 1 unspecified atom stereocenters. The molecule has 0 amide bonds. The van der Waals surface area contributed by atoms with Crippen molar-refractivity contribution >= 4 is 17.3 Å². The lowest BCUT2D eigenvalue weighted by Gasteiger charge is -2.27. The first-order chi connectivity index (χ1) is 6.74. The first-order valence-electron chi connectivity index (χ1n) is 4.13. The Morgan fingerprint density at radius 2 is 2.50 bits per heavy atom. The van der Waals surface area contributed by atoms with Crippen LogP contribution in [0.25, 0.3) is 0 Å². The predicted molar refractivity (Wildman–Crippen MR) is 50.9 cm³/mol. The number of hydrogen-bond donors (Lipinski definition) is 1. The summed E-state index contributed by atoms with van der Waals surface area (Å²) in [5.41, 5.74) is 0.702. The van der Waals surface area contributed by atoms with E-state index in [4.69, 9.17) is 5.11 Å². The zero-order chi connectivity index (χ0) is 10.1. The number of carboxylic acid groups (broad SMARTS) is 1. The van der Waals surface area contributed by atoms with Gasteiger partial charge in [-0.15, -0.1) is 16.2 Å². The quantitative estimate of drug-likeness (QED) is 0.752. The van der Waals surface area contributed by atoms with Gasteiger partial charge in [0.05, 0.1) is 5.29 Å². The molecule has 1 N–H and O–H groups in total. The van der Waals surface area contributed by atoms with Crippen LogP contribution < -0.4 is 0 Å². The van der Waals surface area contributed by atoms with Crippen molar-refractivity contribution in [3.05, 3.63) is 26.8 Å². The normalized spacial score (nSPS) is 20.3. The molecule has 1 aromatic rings. The van der Waals surface area contributed by atoms with Crippen molar-refractivity contribution in [1.82, 2.24) is 5.01 Å². The van der Waals surface area contributed by atoms with Gasteiger partial charge in [-0.3, -0.25) is 0 Å². The summed E-state index contributed by atoms with van der Waals surface area (Å²) in [5, 5.41) is 14.6. The number of aliphatic carboxylic acids is 1. The van der Waals surface area contributed by atoms with Crippen LogP contribution in [0.4, 0.5) is 0 Å². The zero-order valence-electron chi connectivity index (χ0n) is 7.21. The number of carbonyl (C=O) groups is 1. The maximum atomic E-state index is 10.9. The molecular weight excluding hydrogens is 204 g/mol. The molecule has 1 atom stereocenters. The highest BCUT2D eigenvalue weighted by atomic mass is 32.1. The van der Waals surface area contributed by atoms with Gasteiger partial charge < -0.3 is 5.11 Å². The van der Waals surface area contributed by atoms with E-state index in [1.807, 2.05) is 5.38 Å². The average Bonchev–Trinajstić information content (AvgIpc) is 2.62. The van der Waals surface area contributed by atoms with E-state index >= 15 is 0 Å². The highest BCUT2D eigenvalue weighted by Gasteiger charge is 2.33. The van der Waals surface area contributed by atoms with E-state index in [9.17, 15) is 9.70 Å². The number of fused-ring (bicyclic) bond motifs is 1. The average molecular weight is 212 g/mol. The highest BCUT2D eigenvalue weighted by Crippen LogP contribution is 2.33. The van der Waals surface area contributed by atoms with E-state index in [1.54, 1.807) is 6.07 Å². The van der Waals surface area contributed by atoms with Crippen molar-refractivity contribution in [2.75, 3.05) is 6.54 Å². The van der Waals surface area contributed by atoms with Gasteiger partial charge in [0, 0.05) is 23.4 Å². The molecule has 0 spiro atoms. The Hall–Kier alpha value is -1.43. The molecule has 6 heteroatoms. The van der Waals surface area contributed by atoms with Crippen LogP contribution in [0, 0.1) is 4.91 Å². The number of carboxylic acids is 1. The Bertz CT molecular complexity index is 376. The molecule has 0 radical (unpaired) electrons. The molecule has 5 nitrogen and oxygen atoms in total. The first kappa shape index (κ1) is 9.14. The predicted octanol–water partition coefficient (Wildman–Crippen LogP) is 1.41. The third-order valence-electron chi connectivity index (χ3n) is 2.28. The van der Waals surface area contributed by atoms with Crippen LogP contribution in [0.1, 0.15) is 16.5 Å². The molecule has 0 aliphatic carbocycles. The molecule has 2 rings (SSSR count). The second-order valence-corrected chi connectivity index (χ2v) is 4.04. The van der Waals surface area contributed by atoms with E-state index in [2.05, 4.69) is 5.29 Å². The summed E-state index contributed by atoms with van der Waals surface area (Å²) in [6.07, 6.45) is 0.697. The number of nitrogens with zero attached hydrogens (tertiary/aromatic N) is 2. The molecule has 1 aromatic heterocycles. The van der Waals surface area contributed by atoms with E-state index in [1.165, 1.54) is 11.3 Å². The van der Waals surface area contributed by atoms with Crippen molar-refractivity contribution in [1.29, 1.82) is 0 Å². The molecule has 0 fully saturated rings. The van der Waals surface area contributed by atoms with E-state index < -0.39 is 12.0 Å². The minimum absolute atomic E-state index is 0.383. The van der Waals surface area contributed by atoms with Gasteiger partial charge in [0.15, 0.2) is 6.04 Å². The fraction of sp³-hybridized carbons (Fsp3) is 0.375. The van der Waals surface area contributed by atoms with Crippen LogP contribution >= 0.6 is 11.3 Å². The lowest BCUT2D eigenvalue weighted by Crippen LogP contribution is -2.35. The summed E-state index contributed by atoms with van der Waals surface area (Å²) in [7, 11) is 0. The van der Waals surface area contributed by atoms with Gasteiger partial charge in [-0.1, -0.05) is 0 Å². The fourth-order valence-corrected chi connectivity index (χ4v) is 2.56. The summed E-state index contributed by atoms with van der Waals surface area (Å²) in [6, 6.07) is 0.846. The molecule has 2 heterocycles. The number of hydrogen-bond acceptors (Lipinski definition) is 4. The summed E-state index contributed by atoms with van der Waals surface area (Å²) in [4.78, 5) is 22.4. The van der Waals surface area contributed by atoms with E-state index in [0.29, 0.717) is 18.5 Å². The third kappa shape index (κ3) is 1.27. The van der Waals surface area contributed by atoms with Gasteiger partial charge in [-0.2, -0.15) is 0 Å². The second kappa shape index (κ2) is 3.38. The Balaban J connectivity index is 2.42. The summed E-state index contributed by atoms with van der Waals surface area (Å²) >= 11 is 1.53. The van der Waals surface area contributed by atoms with Crippen LogP contribution in [0.5, 0.6) is 0 Å². The van der Waals surface area contributed by atoms with Crippen LogP contribution in [0.2, 0.25) is 0 Å². The van der Waals surface area contributed by atoms with Crippen molar-refractivity contribution in [2.45, 2.75) is 12.5 Å². The maximum Gasteiger partial charge on any atom is 0.332 e. The SMILES string of the molecule is O=NN1CCc2sccc2C1C(=O)O. The first-order valence-corrected chi connectivity index (χ1v) is 5.01. The molecule has 0 saturated carbocycles. The van der Waals surface area contributed by atoms with Crippen LogP contribution in [-0.2, 0) is 11.2 Å². The Kier molecular flexibility index (Phi) is 2.20. The molecule has 1 aliphatic heterocycles. The second-order valence-electron chi connectivity index (χ2n) is 3.03. The van der Waals surface area contributed by atoms with Crippen LogP contribution in [0.15, 0.2) is 16.7 Å². The van der Waals surface area contributed by atoms with Gasteiger partial charge in [0.2, 0.25) is 0 Å². The molecule has 0 aromatic carbocycles. The van der Waals surface area contributed by atoms with Crippen molar-refractivity contribution in [2.24, 2.45) is 5.29 Å². The van der Waals surface area contributed by atoms with Gasteiger partial charge in [0.25, 0.3) is 0 Å². The summed E-state index contributed by atoms with van der Waals surface area (Å²) in [5.74, 6) is -1.02. The monoisotopic (exact) mass is 212 g/mol. The summed E-state index contributed by atoms with van der Waals surface area (Å²) in [6.45, 7) is 0.383. The lowest BCUT2D eigenvalue weighted by molar-refractivity contribution is -0.144.